The molecule has 0 saturated carbocycles. The maximum atomic E-state index is 6.28. The lowest BCUT2D eigenvalue weighted by Gasteiger charge is -2.16. The second-order valence-corrected chi connectivity index (χ2v) is 6.20. The third-order valence-corrected chi connectivity index (χ3v) is 3.73. The van der Waals surface area contributed by atoms with Gasteiger partial charge in [0, 0.05) is 9.50 Å². The van der Waals surface area contributed by atoms with E-state index in [1.54, 1.807) is 0 Å². The summed E-state index contributed by atoms with van der Waals surface area (Å²) in [6.45, 7) is 4.00. The van der Waals surface area contributed by atoms with E-state index in [0.717, 1.165) is 21.3 Å². The Kier molecular flexibility index (Phi) is 5.08. The largest absolute Gasteiger partial charge is 0.491 e. The monoisotopic (exact) mass is 353 g/mol. The molecule has 0 aliphatic rings. The summed E-state index contributed by atoms with van der Waals surface area (Å²) in [5, 5.41) is 0.661. The summed E-state index contributed by atoms with van der Waals surface area (Å²) in [7, 11) is 0. The minimum Gasteiger partial charge on any atom is -0.491 e. The summed E-state index contributed by atoms with van der Waals surface area (Å²) < 4.78 is 6.56. The van der Waals surface area contributed by atoms with Crippen LogP contribution in [-0.4, -0.2) is 6.10 Å². The van der Waals surface area contributed by atoms with Crippen LogP contribution in [-0.2, 0) is 0 Å². The molecule has 0 radical (unpaired) electrons. The molecule has 0 spiro atoms. The van der Waals surface area contributed by atoms with Crippen molar-refractivity contribution in [3.63, 3.8) is 0 Å². The molecule has 4 heteroatoms. The fourth-order valence-electron chi connectivity index (χ4n) is 1.96. The van der Waals surface area contributed by atoms with Gasteiger partial charge in [-0.1, -0.05) is 45.7 Å². The van der Waals surface area contributed by atoms with Crippen molar-refractivity contribution in [3.8, 4) is 5.75 Å². The number of hydrogen-bond donors (Lipinski definition) is 1. The van der Waals surface area contributed by atoms with Crippen LogP contribution < -0.4 is 10.5 Å². The second kappa shape index (κ2) is 6.61. The van der Waals surface area contributed by atoms with Gasteiger partial charge in [0.1, 0.15) is 5.75 Å². The van der Waals surface area contributed by atoms with Crippen molar-refractivity contribution >= 4 is 27.5 Å². The molecule has 2 aromatic carbocycles. The average molecular weight is 355 g/mol. The molecule has 2 N–H and O–H groups in total. The smallest absolute Gasteiger partial charge is 0.119 e. The zero-order valence-electron chi connectivity index (χ0n) is 11.4. The Bertz CT molecular complexity index is 584. The standard InChI is InChI=1S/C16H17BrClNO/c1-10(2)20-13-6-3-11(4-7-13)16(19)14-8-5-12(17)9-15(14)18/h3-10,16H,19H2,1-2H3. The first-order valence-electron chi connectivity index (χ1n) is 6.44. The molecule has 0 heterocycles. The molecule has 0 aliphatic heterocycles. The molecule has 0 aromatic heterocycles. The molecule has 0 saturated heterocycles. The maximum absolute atomic E-state index is 6.28. The van der Waals surface area contributed by atoms with Crippen LogP contribution >= 0.6 is 27.5 Å². The lowest BCUT2D eigenvalue weighted by molar-refractivity contribution is 0.242. The van der Waals surface area contributed by atoms with E-state index in [1.807, 2.05) is 56.3 Å². The second-order valence-electron chi connectivity index (χ2n) is 4.88. The average Bonchev–Trinajstić information content (AvgIpc) is 2.38. The van der Waals surface area contributed by atoms with Gasteiger partial charge in [-0.2, -0.15) is 0 Å². The summed E-state index contributed by atoms with van der Waals surface area (Å²) in [4.78, 5) is 0. The Hall–Kier alpha value is -1.03. The topological polar surface area (TPSA) is 35.2 Å². The Balaban J connectivity index is 2.22. The van der Waals surface area contributed by atoms with Crippen molar-refractivity contribution in [3.05, 3.63) is 63.1 Å². The van der Waals surface area contributed by atoms with E-state index in [2.05, 4.69) is 15.9 Å². The number of halogens is 2. The molecular weight excluding hydrogens is 338 g/mol. The van der Waals surface area contributed by atoms with Gasteiger partial charge >= 0.3 is 0 Å². The summed E-state index contributed by atoms with van der Waals surface area (Å²) in [6.07, 6.45) is 0.162. The predicted octanol–water partition coefficient (Wildman–Crippen LogP) is 4.94. The highest BCUT2D eigenvalue weighted by atomic mass is 79.9. The van der Waals surface area contributed by atoms with Gasteiger partial charge in [-0.25, -0.2) is 0 Å². The lowest BCUT2D eigenvalue weighted by atomic mass is 9.99. The Morgan fingerprint density at radius 2 is 1.75 bits per heavy atom. The fourth-order valence-corrected chi connectivity index (χ4v) is 2.75. The molecule has 0 amide bonds. The number of nitrogens with two attached hydrogens (primary N) is 1. The van der Waals surface area contributed by atoms with E-state index in [0.29, 0.717) is 5.02 Å². The number of ether oxygens (including phenoxy) is 1. The highest BCUT2D eigenvalue weighted by Crippen LogP contribution is 2.29. The summed E-state index contributed by atoms with van der Waals surface area (Å²) >= 11 is 9.63. The van der Waals surface area contributed by atoms with Crippen molar-refractivity contribution in [2.24, 2.45) is 5.73 Å². The van der Waals surface area contributed by atoms with Crippen LogP contribution in [0.3, 0.4) is 0 Å². The van der Waals surface area contributed by atoms with Crippen LogP contribution in [0.25, 0.3) is 0 Å². The first-order valence-corrected chi connectivity index (χ1v) is 7.61. The molecule has 1 unspecified atom stereocenters. The molecule has 20 heavy (non-hydrogen) atoms. The van der Waals surface area contributed by atoms with Gasteiger partial charge in [-0.3, -0.25) is 0 Å². The maximum Gasteiger partial charge on any atom is 0.119 e. The van der Waals surface area contributed by atoms with Crippen molar-refractivity contribution in [1.29, 1.82) is 0 Å². The van der Waals surface area contributed by atoms with Gasteiger partial charge in [0.05, 0.1) is 12.1 Å². The van der Waals surface area contributed by atoms with Crippen LogP contribution in [0.4, 0.5) is 0 Å². The number of hydrogen-bond acceptors (Lipinski definition) is 2. The zero-order chi connectivity index (χ0) is 14.7. The van der Waals surface area contributed by atoms with E-state index >= 15 is 0 Å². The van der Waals surface area contributed by atoms with E-state index in [4.69, 9.17) is 22.1 Å². The highest BCUT2D eigenvalue weighted by molar-refractivity contribution is 9.10. The molecule has 0 fully saturated rings. The van der Waals surface area contributed by atoms with Crippen LogP contribution in [0, 0.1) is 0 Å². The van der Waals surface area contributed by atoms with Gasteiger partial charge in [0.25, 0.3) is 0 Å². The van der Waals surface area contributed by atoms with Gasteiger partial charge in [0.15, 0.2) is 0 Å². The fraction of sp³-hybridized carbons (Fsp3) is 0.250. The SMILES string of the molecule is CC(C)Oc1ccc(C(N)c2ccc(Br)cc2Cl)cc1. The van der Waals surface area contributed by atoms with Crippen molar-refractivity contribution in [2.45, 2.75) is 26.0 Å². The normalized spacial score (nSPS) is 12.5. The third-order valence-electron chi connectivity index (χ3n) is 2.91. The van der Waals surface area contributed by atoms with Crippen molar-refractivity contribution < 1.29 is 4.74 Å². The van der Waals surface area contributed by atoms with E-state index in [-0.39, 0.29) is 12.1 Å². The van der Waals surface area contributed by atoms with E-state index in [9.17, 15) is 0 Å². The molecule has 2 nitrogen and oxygen atoms in total. The minimum absolute atomic E-state index is 0.162. The molecular formula is C16H17BrClNO. The molecule has 2 aromatic rings. The minimum atomic E-state index is -0.247. The Labute approximate surface area is 133 Å². The first kappa shape index (κ1) is 15.4. The Morgan fingerprint density at radius 3 is 2.30 bits per heavy atom. The molecule has 106 valence electrons. The van der Waals surface area contributed by atoms with Gasteiger partial charge in [0.2, 0.25) is 0 Å². The van der Waals surface area contributed by atoms with Gasteiger partial charge in [-0.15, -0.1) is 0 Å². The molecule has 0 bridgehead atoms. The van der Waals surface area contributed by atoms with Crippen molar-refractivity contribution in [1.82, 2.24) is 0 Å². The third kappa shape index (κ3) is 3.75. The number of benzene rings is 2. The highest BCUT2D eigenvalue weighted by Gasteiger charge is 2.13. The van der Waals surface area contributed by atoms with Gasteiger partial charge in [-0.05, 0) is 49.2 Å². The number of rotatable bonds is 4. The van der Waals surface area contributed by atoms with E-state index in [1.165, 1.54) is 0 Å². The van der Waals surface area contributed by atoms with E-state index < -0.39 is 0 Å². The van der Waals surface area contributed by atoms with Crippen LogP contribution in [0.15, 0.2) is 46.9 Å². The predicted molar refractivity (Wildman–Crippen MR) is 87.4 cm³/mol. The summed E-state index contributed by atoms with van der Waals surface area (Å²) in [5.74, 6) is 0.845. The summed E-state index contributed by atoms with van der Waals surface area (Å²) in [6, 6.07) is 13.3. The van der Waals surface area contributed by atoms with Crippen LogP contribution in [0.2, 0.25) is 5.02 Å². The van der Waals surface area contributed by atoms with Crippen molar-refractivity contribution in [2.75, 3.05) is 0 Å². The quantitative estimate of drug-likeness (QED) is 0.844. The zero-order valence-corrected chi connectivity index (χ0v) is 13.8. The van der Waals surface area contributed by atoms with Gasteiger partial charge < -0.3 is 10.5 Å². The first-order chi connectivity index (χ1) is 9.47. The molecule has 2 rings (SSSR count). The Morgan fingerprint density at radius 1 is 1.10 bits per heavy atom. The summed E-state index contributed by atoms with van der Waals surface area (Å²) in [5.41, 5.74) is 8.19. The molecule has 0 aliphatic carbocycles. The molecule has 1 atom stereocenters. The lowest BCUT2D eigenvalue weighted by Crippen LogP contribution is -2.12. The van der Waals surface area contributed by atoms with Crippen LogP contribution in [0.1, 0.15) is 31.0 Å². The van der Waals surface area contributed by atoms with Crippen LogP contribution in [0.5, 0.6) is 5.75 Å².